The molecule has 0 radical (unpaired) electrons. The maximum Gasteiger partial charge on any atom is 0.171 e. The van der Waals surface area contributed by atoms with Gasteiger partial charge in [0.25, 0.3) is 0 Å². The van der Waals surface area contributed by atoms with Gasteiger partial charge in [0.1, 0.15) is 5.75 Å². The van der Waals surface area contributed by atoms with Crippen molar-refractivity contribution in [1.82, 2.24) is 0 Å². The zero-order valence-electron chi connectivity index (χ0n) is 13.9. The van der Waals surface area contributed by atoms with Crippen LogP contribution in [-0.4, -0.2) is 6.10 Å². The third-order valence-electron chi connectivity index (χ3n) is 3.79. The average Bonchev–Trinajstić information content (AvgIpc) is 2.62. The van der Waals surface area contributed by atoms with Gasteiger partial charge in [0, 0.05) is 15.9 Å². The molecule has 0 unspecified atom stereocenters. The van der Waals surface area contributed by atoms with E-state index in [1.807, 2.05) is 98.8 Å². The van der Waals surface area contributed by atoms with Crippen LogP contribution in [-0.2, 0) is 4.57 Å². The standard InChI is InChI=1S/C21H21O2P/c1-17(2)23-18-10-9-15-21(16-18)24(22,19-11-5-3-6-12-19)20-13-7-4-8-14-20/h3-17H,1-2H3. The second-order valence-electron chi connectivity index (χ2n) is 5.94. The molecule has 0 aliphatic carbocycles. The van der Waals surface area contributed by atoms with Crippen LogP contribution in [0.1, 0.15) is 13.8 Å². The molecule has 3 aromatic carbocycles. The Labute approximate surface area is 143 Å². The molecule has 122 valence electrons. The van der Waals surface area contributed by atoms with Crippen LogP contribution in [0.25, 0.3) is 0 Å². The molecule has 0 N–H and O–H groups in total. The van der Waals surface area contributed by atoms with E-state index in [4.69, 9.17) is 4.74 Å². The highest BCUT2D eigenvalue weighted by Gasteiger charge is 2.29. The molecule has 0 saturated carbocycles. The van der Waals surface area contributed by atoms with Gasteiger partial charge in [0.05, 0.1) is 6.10 Å². The van der Waals surface area contributed by atoms with Gasteiger partial charge in [-0.2, -0.15) is 0 Å². The molecule has 3 aromatic rings. The first-order valence-corrected chi connectivity index (χ1v) is 9.80. The molecule has 0 atom stereocenters. The Hall–Kier alpha value is -2.31. The third-order valence-corrected chi connectivity index (χ3v) is 6.85. The SMILES string of the molecule is CC(C)Oc1cccc(P(=O)(c2ccccc2)c2ccccc2)c1. The Morgan fingerprint density at radius 3 is 1.71 bits per heavy atom. The van der Waals surface area contributed by atoms with Gasteiger partial charge in [0.2, 0.25) is 0 Å². The summed E-state index contributed by atoms with van der Waals surface area (Å²) in [7, 11) is -2.93. The molecule has 0 spiro atoms. The number of hydrogen-bond donors (Lipinski definition) is 0. The largest absolute Gasteiger partial charge is 0.491 e. The van der Waals surface area contributed by atoms with Crippen molar-refractivity contribution in [2.75, 3.05) is 0 Å². The Morgan fingerprint density at radius 1 is 0.708 bits per heavy atom. The molecule has 0 aliphatic heterocycles. The van der Waals surface area contributed by atoms with Gasteiger partial charge in [-0.25, -0.2) is 0 Å². The lowest BCUT2D eigenvalue weighted by Gasteiger charge is -2.21. The van der Waals surface area contributed by atoms with Gasteiger partial charge in [-0.1, -0.05) is 72.8 Å². The molecule has 2 nitrogen and oxygen atoms in total. The summed E-state index contributed by atoms with van der Waals surface area (Å²) in [4.78, 5) is 0. The van der Waals surface area contributed by atoms with E-state index >= 15 is 0 Å². The fraction of sp³-hybridized carbons (Fsp3) is 0.143. The monoisotopic (exact) mass is 336 g/mol. The van der Waals surface area contributed by atoms with Gasteiger partial charge < -0.3 is 9.30 Å². The van der Waals surface area contributed by atoms with E-state index < -0.39 is 7.14 Å². The minimum atomic E-state index is -2.93. The Bertz CT molecular complexity index is 798. The fourth-order valence-corrected chi connectivity index (χ4v) is 5.43. The molecule has 0 saturated heterocycles. The summed E-state index contributed by atoms with van der Waals surface area (Å²) in [5, 5.41) is 2.45. The summed E-state index contributed by atoms with van der Waals surface area (Å²) in [6.45, 7) is 3.97. The lowest BCUT2D eigenvalue weighted by atomic mass is 10.3. The molecule has 3 heteroatoms. The predicted molar refractivity (Wildman–Crippen MR) is 102 cm³/mol. The summed E-state index contributed by atoms with van der Waals surface area (Å²) < 4.78 is 20.0. The van der Waals surface area contributed by atoms with Crippen LogP contribution in [0, 0.1) is 0 Å². The van der Waals surface area contributed by atoms with Crippen LogP contribution < -0.4 is 20.7 Å². The summed E-state index contributed by atoms with van der Waals surface area (Å²) in [5.74, 6) is 0.745. The quantitative estimate of drug-likeness (QED) is 0.655. The zero-order chi connectivity index (χ0) is 17.0. The molecule has 0 aliphatic rings. The number of benzene rings is 3. The summed E-state index contributed by atoms with van der Waals surface area (Å²) in [6, 6.07) is 27.0. The maximum absolute atomic E-state index is 14.2. The van der Waals surface area contributed by atoms with Crippen LogP contribution in [0.5, 0.6) is 5.75 Å². The predicted octanol–water partition coefficient (Wildman–Crippen LogP) is 4.11. The van der Waals surface area contributed by atoms with Gasteiger partial charge in [-0.15, -0.1) is 0 Å². The number of ether oxygens (including phenoxy) is 1. The van der Waals surface area contributed by atoms with Crippen molar-refractivity contribution < 1.29 is 9.30 Å². The molecule has 0 amide bonds. The molecule has 0 bridgehead atoms. The topological polar surface area (TPSA) is 26.3 Å². The van der Waals surface area contributed by atoms with Gasteiger partial charge in [-0.05, 0) is 26.0 Å². The summed E-state index contributed by atoms with van der Waals surface area (Å²) >= 11 is 0. The van der Waals surface area contributed by atoms with Crippen LogP contribution in [0.2, 0.25) is 0 Å². The number of hydrogen-bond acceptors (Lipinski definition) is 2. The van der Waals surface area contributed by atoms with Crippen LogP contribution in [0.15, 0.2) is 84.9 Å². The van der Waals surface area contributed by atoms with Crippen molar-refractivity contribution in [3.8, 4) is 5.75 Å². The number of rotatable bonds is 5. The van der Waals surface area contributed by atoms with Gasteiger partial charge >= 0.3 is 0 Å². The first-order chi connectivity index (χ1) is 11.6. The second-order valence-corrected chi connectivity index (χ2v) is 8.71. The van der Waals surface area contributed by atoms with E-state index in [0.29, 0.717) is 0 Å². The minimum Gasteiger partial charge on any atom is -0.491 e. The highest BCUT2D eigenvalue weighted by molar-refractivity contribution is 7.85. The van der Waals surface area contributed by atoms with E-state index in [-0.39, 0.29) is 6.10 Å². The van der Waals surface area contributed by atoms with Crippen molar-refractivity contribution in [1.29, 1.82) is 0 Å². The minimum absolute atomic E-state index is 0.0769. The fourth-order valence-electron chi connectivity index (χ4n) is 2.75. The molecule has 0 heterocycles. The van der Waals surface area contributed by atoms with Gasteiger partial charge in [0.15, 0.2) is 7.14 Å². The van der Waals surface area contributed by atoms with E-state index in [2.05, 4.69) is 0 Å². The highest BCUT2D eigenvalue weighted by Crippen LogP contribution is 2.42. The third kappa shape index (κ3) is 3.29. The smallest absolute Gasteiger partial charge is 0.171 e. The zero-order valence-corrected chi connectivity index (χ0v) is 14.8. The Balaban J connectivity index is 2.18. The summed E-state index contributed by atoms with van der Waals surface area (Å²) in [6.07, 6.45) is 0.0769. The van der Waals surface area contributed by atoms with Gasteiger partial charge in [-0.3, -0.25) is 0 Å². The molecular formula is C21H21O2P. The van der Waals surface area contributed by atoms with Crippen molar-refractivity contribution in [2.24, 2.45) is 0 Å². The van der Waals surface area contributed by atoms with E-state index in [1.54, 1.807) is 0 Å². The van der Waals surface area contributed by atoms with E-state index in [1.165, 1.54) is 0 Å². The van der Waals surface area contributed by atoms with E-state index in [0.717, 1.165) is 21.7 Å². The van der Waals surface area contributed by atoms with Crippen LogP contribution in [0.4, 0.5) is 0 Å². The lowest BCUT2D eigenvalue weighted by molar-refractivity contribution is 0.242. The van der Waals surface area contributed by atoms with Crippen molar-refractivity contribution in [3.05, 3.63) is 84.9 Å². The maximum atomic E-state index is 14.2. The second kappa shape index (κ2) is 7.07. The molecule has 0 fully saturated rings. The Morgan fingerprint density at radius 2 is 1.21 bits per heavy atom. The Kier molecular flexibility index (Phi) is 4.87. The van der Waals surface area contributed by atoms with E-state index in [9.17, 15) is 4.57 Å². The van der Waals surface area contributed by atoms with Crippen molar-refractivity contribution >= 4 is 23.1 Å². The van der Waals surface area contributed by atoms with Crippen LogP contribution >= 0.6 is 7.14 Å². The van der Waals surface area contributed by atoms with Crippen LogP contribution in [0.3, 0.4) is 0 Å². The summed E-state index contributed by atoms with van der Waals surface area (Å²) in [5.41, 5.74) is 0. The highest BCUT2D eigenvalue weighted by atomic mass is 31.2. The lowest BCUT2D eigenvalue weighted by Crippen LogP contribution is -2.25. The average molecular weight is 336 g/mol. The molecule has 0 aromatic heterocycles. The molecular weight excluding hydrogens is 315 g/mol. The first-order valence-electron chi connectivity index (χ1n) is 8.09. The van der Waals surface area contributed by atoms with Crippen molar-refractivity contribution in [2.45, 2.75) is 20.0 Å². The normalized spacial score (nSPS) is 11.5. The van der Waals surface area contributed by atoms with Crippen molar-refractivity contribution in [3.63, 3.8) is 0 Å². The molecule has 3 rings (SSSR count). The first kappa shape index (κ1) is 16.5. The molecule has 24 heavy (non-hydrogen) atoms.